The van der Waals surface area contributed by atoms with Gasteiger partial charge in [-0.3, -0.25) is 9.79 Å². The Bertz CT molecular complexity index is 1020. The zero-order valence-electron chi connectivity index (χ0n) is 17.5. The van der Waals surface area contributed by atoms with Crippen LogP contribution in [0.4, 0.5) is 0 Å². The van der Waals surface area contributed by atoms with Crippen molar-refractivity contribution in [1.82, 2.24) is 10.3 Å². The summed E-state index contributed by atoms with van der Waals surface area (Å²) < 4.78 is 20.7. The molecule has 0 bridgehead atoms. The van der Waals surface area contributed by atoms with Gasteiger partial charge >= 0.3 is 11.9 Å². The molecule has 1 aliphatic heterocycles. The Hall–Kier alpha value is -3.49. The van der Waals surface area contributed by atoms with E-state index in [1.165, 1.54) is 14.2 Å². The van der Waals surface area contributed by atoms with E-state index in [0.29, 0.717) is 34.1 Å². The minimum atomic E-state index is -0.798. The average Bonchev–Trinajstić information content (AvgIpc) is 3.15. The molecular formula is C21H23N3O6. The number of hydrogen-bond acceptors (Lipinski definition) is 9. The van der Waals surface area contributed by atoms with Crippen LogP contribution in [0.5, 0.6) is 5.75 Å². The van der Waals surface area contributed by atoms with Gasteiger partial charge in [0.25, 0.3) is 0 Å². The first-order valence-electron chi connectivity index (χ1n) is 9.30. The molecule has 0 saturated carbocycles. The first-order chi connectivity index (χ1) is 14.4. The normalized spacial score (nSPS) is 18.6. The summed E-state index contributed by atoms with van der Waals surface area (Å²) in [6, 6.07) is 7.18. The van der Waals surface area contributed by atoms with Crippen LogP contribution < -0.4 is 4.74 Å². The number of ether oxygens (including phenoxy) is 3. The van der Waals surface area contributed by atoms with E-state index >= 15 is 0 Å². The molecule has 0 saturated heterocycles. The van der Waals surface area contributed by atoms with Gasteiger partial charge in [0.15, 0.2) is 0 Å². The smallest absolute Gasteiger partial charge is 0.336 e. The highest BCUT2D eigenvalue weighted by molar-refractivity contribution is 6.07. The third-order valence-electron chi connectivity index (χ3n) is 5.05. The molecule has 158 valence electrons. The van der Waals surface area contributed by atoms with Crippen LogP contribution in [0.15, 0.2) is 45.2 Å². The summed E-state index contributed by atoms with van der Waals surface area (Å²) in [5.41, 5.74) is 3.12. The lowest BCUT2D eigenvalue weighted by atomic mass is 9.75. The Balaban J connectivity index is 2.09. The van der Waals surface area contributed by atoms with Crippen molar-refractivity contribution < 1.29 is 28.4 Å². The molecule has 0 amide bonds. The number of carbonyl (C=O) groups is 2. The van der Waals surface area contributed by atoms with Gasteiger partial charge in [-0.05, 0) is 26.8 Å². The molecule has 2 atom stereocenters. The van der Waals surface area contributed by atoms with Crippen LogP contribution in [-0.4, -0.2) is 42.2 Å². The molecule has 0 aliphatic carbocycles. The summed E-state index contributed by atoms with van der Waals surface area (Å²) in [5.74, 6) is -2.05. The molecule has 1 aliphatic rings. The van der Waals surface area contributed by atoms with Crippen molar-refractivity contribution in [1.29, 1.82) is 0 Å². The van der Waals surface area contributed by atoms with Gasteiger partial charge in [-0.25, -0.2) is 9.42 Å². The second-order valence-corrected chi connectivity index (χ2v) is 6.85. The van der Waals surface area contributed by atoms with Gasteiger partial charge in [-0.15, -0.1) is 0 Å². The minimum Gasteiger partial charge on any atom is -0.487 e. The Labute approximate surface area is 173 Å². The quantitative estimate of drug-likeness (QED) is 0.664. The van der Waals surface area contributed by atoms with Crippen LogP contribution in [0.25, 0.3) is 0 Å². The summed E-state index contributed by atoms with van der Waals surface area (Å²) in [7, 11) is 2.60. The van der Waals surface area contributed by atoms with Crippen LogP contribution in [-0.2, 0) is 25.7 Å². The van der Waals surface area contributed by atoms with Crippen molar-refractivity contribution in [3.05, 3.63) is 52.5 Å². The van der Waals surface area contributed by atoms with E-state index in [-0.39, 0.29) is 12.2 Å². The second-order valence-electron chi connectivity index (χ2n) is 6.85. The Morgan fingerprint density at radius 2 is 1.80 bits per heavy atom. The molecule has 2 heterocycles. The number of para-hydroxylation sites is 1. The van der Waals surface area contributed by atoms with E-state index in [2.05, 4.69) is 15.3 Å². The number of methoxy groups -OCH3 is 2. The SMILES string of the molecule is COC(=O)C1=C(C)N=C(C)C(C(=O)OC)C1c1ccccc1OCc1nonc1C. The number of aryl methyl sites for hydroxylation is 1. The number of esters is 2. The van der Waals surface area contributed by atoms with Gasteiger partial charge in [-0.1, -0.05) is 28.5 Å². The fraction of sp³-hybridized carbons (Fsp3) is 0.381. The lowest BCUT2D eigenvalue weighted by Gasteiger charge is -2.32. The maximum absolute atomic E-state index is 12.7. The zero-order chi connectivity index (χ0) is 21.8. The molecule has 9 nitrogen and oxygen atoms in total. The number of hydrogen-bond donors (Lipinski definition) is 0. The second kappa shape index (κ2) is 8.89. The standard InChI is InChI=1S/C21H23N3O6/c1-11-15(24-30-23-11)10-29-16-9-7-6-8-14(16)19-17(20(25)27-4)12(2)22-13(3)18(19)21(26)28-5/h6-9,17,19H,10H2,1-5H3. The minimum absolute atomic E-state index is 0.116. The molecule has 9 heteroatoms. The van der Waals surface area contributed by atoms with Crippen molar-refractivity contribution in [2.45, 2.75) is 33.3 Å². The third kappa shape index (κ3) is 3.96. The first kappa shape index (κ1) is 21.2. The van der Waals surface area contributed by atoms with Crippen LogP contribution >= 0.6 is 0 Å². The van der Waals surface area contributed by atoms with Crippen molar-refractivity contribution >= 4 is 17.7 Å². The summed E-state index contributed by atoms with van der Waals surface area (Å²) >= 11 is 0. The topological polar surface area (TPSA) is 113 Å². The number of rotatable bonds is 6. The van der Waals surface area contributed by atoms with Gasteiger partial charge < -0.3 is 14.2 Å². The maximum atomic E-state index is 12.7. The molecule has 3 rings (SSSR count). The van der Waals surface area contributed by atoms with E-state index in [1.807, 2.05) is 6.07 Å². The lowest BCUT2D eigenvalue weighted by molar-refractivity contribution is -0.143. The van der Waals surface area contributed by atoms with E-state index in [0.717, 1.165) is 0 Å². The lowest BCUT2D eigenvalue weighted by Crippen LogP contribution is -2.36. The van der Waals surface area contributed by atoms with Crippen LogP contribution in [0.1, 0.15) is 36.7 Å². The highest BCUT2D eigenvalue weighted by Crippen LogP contribution is 2.43. The summed E-state index contributed by atoms with van der Waals surface area (Å²) in [6.45, 7) is 5.33. The number of aliphatic imine (C=N–C) groups is 1. The predicted octanol–water partition coefficient (Wildman–Crippen LogP) is 2.75. The van der Waals surface area contributed by atoms with Gasteiger partial charge in [-0.2, -0.15) is 0 Å². The molecule has 0 fully saturated rings. The molecule has 0 radical (unpaired) electrons. The predicted molar refractivity (Wildman–Crippen MR) is 106 cm³/mol. The maximum Gasteiger partial charge on any atom is 0.336 e. The van der Waals surface area contributed by atoms with E-state index < -0.39 is 23.8 Å². The molecule has 30 heavy (non-hydrogen) atoms. The largest absolute Gasteiger partial charge is 0.487 e. The van der Waals surface area contributed by atoms with E-state index in [1.54, 1.807) is 39.0 Å². The Morgan fingerprint density at radius 3 is 2.43 bits per heavy atom. The van der Waals surface area contributed by atoms with Gasteiger partial charge in [0.1, 0.15) is 29.7 Å². The van der Waals surface area contributed by atoms with Gasteiger partial charge in [0.2, 0.25) is 0 Å². The monoisotopic (exact) mass is 413 g/mol. The summed E-state index contributed by atoms with van der Waals surface area (Å²) in [5, 5.41) is 7.56. The summed E-state index contributed by atoms with van der Waals surface area (Å²) in [4.78, 5) is 29.7. The highest BCUT2D eigenvalue weighted by Gasteiger charge is 2.43. The average molecular weight is 413 g/mol. The molecule has 1 aromatic carbocycles. The molecule has 2 aromatic rings. The molecule has 2 unspecified atom stereocenters. The Morgan fingerprint density at radius 1 is 1.07 bits per heavy atom. The fourth-order valence-corrected chi connectivity index (χ4v) is 3.58. The van der Waals surface area contributed by atoms with Crippen LogP contribution in [0, 0.1) is 12.8 Å². The summed E-state index contributed by atoms with van der Waals surface area (Å²) in [6.07, 6.45) is 0. The van der Waals surface area contributed by atoms with E-state index in [9.17, 15) is 9.59 Å². The number of benzene rings is 1. The number of aromatic nitrogens is 2. The zero-order valence-corrected chi connectivity index (χ0v) is 17.5. The van der Waals surface area contributed by atoms with Gasteiger partial charge in [0, 0.05) is 22.9 Å². The van der Waals surface area contributed by atoms with Crippen LogP contribution in [0.3, 0.4) is 0 Å². The van der Waals surface area contributed by atoms with Crippen molar-refractivity contribution in [3.8, 4) is 5.75 Å². The third-order valence-corrected chi connectivity index (χ3v) is 5.05. The molecular weight excluding hydrogens is 390 g/mol. The van der Waals surface area contributed by atoms with Gasteiger partial charge in [0.05, 0.1) is 19.8 Å². The molecule has 1 aromatic heterocycles. The first-order valence-corrected chi connectivity index (χ1v) is 9.30. The van der Waals surface area contributed by atoms with Crippen LogP contribution in [0.2, 0.25) is 0 Å². The molecule has 0 spiro atoms. The fourth-order valence-electron chi connectivity index (χ4n) is 3.58. The number of nitrogens with zero attached hydrogens (tertiary/aromatic N) is 3. The van der Waals surface area contributed by atoms with E-state index in [4.69, 9.17) is 18.8 Å². The number of carbonyl (C=O) groups excluding carboxylic acids is 2. The van der Waals surface area contributed by atoms with Crippen molar-refractivity contribution in [2.75, 3.05) is 14.2 Å². The number of allylic oxidation sites excluding steroid dienone is 1. The Kier molecular flexibility index (Phi) is 6.29. The molecule has 0 N–H and O–H groups in total. The highest BCUT2D eigenvalue weighted by atomic mass is 16.6. The van der Waals surface area contributed by atoms with Crippen molar-refractivity contribution in [3.63, 3.8) is 0 Å². The van der Waals surface area contributed by atoms with Crippen molar-refractivity contribution in [2.24, 2.45) is 10.9 Å².